The predicted molar refractivity (Wildman–Crippen MR) is 88.4 cm³/mol. The molecule has 0 unspecified atom stereocenters. The summed E-state index contributed by atoms with van der Waals surface area (Å²) in [5, 5.41) is 6.59. The number of nitrogens with zero attached hydrogens (tertiary/aromatic N) is 2. The van der Waals surface area contributed by atoms with Crippen LogP contribution in [0.5, 0.6) is 5.75 Å². The molecule has 0 aliphatic carbocycles. The number of methoxy groups -OCH3 is 1. The van der Waals surface area contributed by atoms with Crippen molar-refractivity contribution in [2.24, 2.45) is 0 Å². The van der Waals surface area contributed by atoms with E-state index >= 15 is 0 Å². The summed E-state index contributed by atoms with van der Waals surface area (Å²) in [5.41, 5.74) is 1.12. The minimum atomic E-state index is -0.242. The Kier molecular flexibility index (Phi) is 5.76. The fraction of sp³-hybridized carbons (Fsp3) is 0.412. The van der Waals surface area contributed by atoms with E-state index in [-0.39, 0.29) is 11.9 Å². The molecule has 23 heavy (non-hydrogen) atoms. The summed E-state index contributed by atoms with van der Waals surface area (Å²) in [6.07, 6.45) is 0.704. The topological polar surface area (TPSA) is 67.6 Å². The van der Waals surface area contributed by atoms with Crippen LogP contribution < -0.4 is 10.1 Å². The third-order valence-electron chi connectivity index (χ3n) is 3.69. The van der Waals surface area contributed by atoms with Crippen molar-refractivity contribution in [2.45, 2.75) is 32.9 Å². The van der Waals surface area contributed by atoms with E-state index in [9.17, 15) is 4.79 Å². The van der Waals surface area contributed by atoms with E-state index in [0.717, 1.165) is 11.3 Å². The SMILES string of the molecule is CC[C@H](C(=O)Nc1cc(C)on1)N(C)Cc1ccc(OC)cc1. The van der Waals surface area contributed by atoms with Crippen LogP contribution in [0.2, 0.25) is 0 Å². The molecule has 6 heteroatoms. The Bertz CT molecular complexity index is 637. The standard InChI is InChI=1S/C17H23N3O3/c1-5-15(17(21)18-16-10-12(2)23-19-16)20(3)11-13-6-8-14(22-4)9-7-13/h6-10,15H,5,11H2,1-4H3,(H,18,19,21)/t15-/m1/s1. The third kappa shape index (κ3) is 4.56. The number of anilines is 1. The van der Waals surface area contributed by atoms with Gasteiger partial charge in [-0.2, -0.15) is 0 Å². The molecule has 0 saturated carbocycles. The van der Waals surface area contributed by atoms with Crippen LogP contribution in [0.25, 0.3) is 0 Å². The van der Waals surface area contributed by atoms with Gasteiger partial charge >= 0.3 is 0 Å². The summed E-state index contributed by atoms with van der Waals surface area (Å²) in [6, 6.07) is 9.30. The smallest absolute Gasteiger partial charge is 0.242 e. The molecule has 0 radical (unpaired) electrons. The maximum atomic E-state index is 12.4. The molecule has 6 nitrogen and oxygen atoms in total. The highest BCUT2D eigenvalue weighted by molar-refractivity contribution is 5.93. The quantitative estimate of drug-likeness (QED) is 0.850. The highest BCUT2D eigenvalue weighted by Crippen LogP contribution is 2.15. The van der Waals surface area contributed by atoms with E-state index in [4.69, 9.17) is 9.26 Å². The zero-order valence-corrected chi connectivity index (χ0v) is 14.0. The number of hydrogen-bond donors (Lipinski definition) is 1. The molecule has 0 saturated heterocycles. The fourth-order valence-electron chi connectivity index (χ4n) is 2.46. The largest absolute Gasteiger partial charge is 0.497 e. The number of hydrogen-bond acceptors (Lipinski definition) is 5. The van der Waals surface area contributed by atoms with E-state index < -0.39 is 0 Å². The molecule has 1 aromatic heterocycles. The number of carbonyl (C=O) groups excluding carboxylic acids is 1. The zero-order valence-electron chi connectivity index (χ0n) is 14.0. The molecular weight excluding hydrogens is 294 g/mol. The average Bonchev–Trinajstić information content (AvgIpc) is 2.93. The molecule has 2 aromatic rings. The van der Waals surface area contributed by atoms with Crippen LogP contribution in [-0.2, 0) is 11.3 Å². The van der Waals surface area contributed by atoms with Gasteiger partial charge in [0, 0.05) is 12.6 Å². The van der Waals surface area contributed by atoms with E-state index in [0.29, 0.717) is 24.5 Å². The summed E-state index contributed by atoms with van der Waals surface area (Å²) in [7, 11) is 3.58. The summed E-state index contributed by atoms with van der Waals surface area (Å²) < 4.78 is 10.1. The van der Waals surface area contributed by atoms with E-state index in [1.54, 1.807) is 20.1 Å². The number of nitrogens with one attached hydrogen (secondary N) is 1. The summed E-state index contributed by atoms with van der Waals surface area (Å²) in [5.74, 6) is 1.85. The van der Waals surface area contributed by atoms with Crippen molar-refractivity contribution in [2.75, 3.05) is 19.5 Å². The number of aryl methyl sites for hydroxylation is 1. The fourth-order valence-corrected chi connectivity index (χ4v) is 2.46. The van der Waals surface area contributed by atoms with Gasteiger partial charge < -0.3 is 14.6 Å². The number of benzene rings is 1. The van der Waals surface area contributed by atoms with Gasteiger partial charge in [-0.1, -0.05) is 24.2 Å². The molecule has 0 aliphatic heterocycles. The first-order valence-corrected chi connectivity index (χ1v) is 7.60. The third-order valence-corrected chi connectivity index (χ3v) is 3.69. The lowest BCUT2D eigenvalue weighted by atomic mass is 10.1. The molecule has 0 aliphatic rings. The molecule has 1 heterocycles. The number of rotatable bonds is 7. The van der Waals surface area contributed by atoms with Crippen molar-refractivity contribution in [1.82, 2.24) is 10.1 Å². The van der Waals surface area contributed by atoms with Crippen LogP contribution in [-0.4, -0.2) is 36.2 Å². The first-order valence-electron chi connectivity index (χ1n) is 7.60. The van der Waals surface area contributed by atoms with E-state index in [1.807, 2.05) is 43.1 Å². The van der Waals surface area contributed by atoms with Gasteiger partial charge in [0.1, 0.15) is 11.5 Å². The lowest BCUT2D eigenvalue weighted by Crippen LogP contribution is -2.41. The Morgan fingerprint density at radius 2 is 2.09 bits per heavy atom. The Hall–Kier alpha value is -2.34. The molecule has 1 amide bonds. The minimum absolute atomic E-state index is 0.0863. The van der Waals surface area contributed by atoms with Crippen LogP contribution in [0.3, 0.4) is 0 Å². The normalized spacial score (nSPS) is 12.2. The van der Waals surface area contributed by atoms with Gasteiger partial charge in [0.15, 0.2) is 5.82 Å². The van der Waals surface area contributed by atoms with Crippen molar-refractivity contribution < 1.29 is 14.1 Å². The highest BCUT2D eigenvalue weighted by Gasteiger charge is 2.22. The second-order valence-corrected chi connectivity index (χ2v) is 5.50. The van der Waals surface area contributed by atoms with Crippen LogP contribution >= 0.6 is 0 Å². The molecule has 2 rings (SSSR count). The van der Waals surface area contributed by atoms with Crippen LogP contribution in [0.1, 0.15) is 24.7 Å². The van der Waals surface area contributed by atoms with Crippen LogP contribution in [0.4, 0.5) is 5.82 Å². The maximum Gasteiger partial charge on any atom is 0.242 e. The minimum Gasteiger partial charge on any atom is -0.497 e. The summed E-state index contributed by atoms with van der Waals surface area (Å²) in [6.45, 7) is 4.45. The lowest BCUT2D eigenvalue weighted by molar-refractivity contribution is -0.121. The molecule has 0 fully saturated rings. The zero-order chi connectivity index (χ0) is 16.8. The Morgan fingerprint density at radius 3 is 2.61 bits per heavy atom. The monoisotopic (exact) mass is 317 g/mol. The van der Waals surface area contributed by atoms with Gasteiger partial charge in [0.2, 0.25) is 5.91 Å². The molecule has 0 spiro atoms. The van der Waals surface area contributed by atoms with Gasteiger partial charge in [-0.05, 0) is 38.1 Å². The average molecular weight is 317 g/mol. The Balaban J connectivity index is 1.98. The van der Waals surface area contributed by atoms with Gasteiger partial charge in [-0.25, -0.2) is 0 Å². The van der Waals surface area contributed by atoms with Crippen molar-refractivity contribution in [3.63, 3.8) is 0 Å². The van der Waals surface area contributed by atoms with Gasteiger partial charge in [0.05, 0.1) is 13.2 Å². The van der Waals surface area contributed by atoms with Gasteiger partial charge in [-0.3, -0.25) is 9.69 Å². The molecule has 1 aromatic carbocycles. The van der Waals surface area contributed by atoms with Gasteiger partial charge in [-0.15, -0.1) is 0 Å². The summed E-state index contributed by atoms with van der Waals surface area (Å²) >= 11 is 0. The predicted octanol–water partition coefficient (Wildman–Crippen LogP) is 2.84. The number of carbonyl (C=O) groups is 1. The van der Waals surface area contributed by atoms with E-state index in [2.05, 4.69) is 10.5 Å². The maximum absolute atomic E-state index is 12.4. The van der Waals surface area contributed by atoms with E-state index in [1.165, 1.54) is 0 Å². The Labute approximate surface area is 136 Å². The number of aromatic nitrogens is 1. The summed E-state index contributed by atoms with van der Waals surface area (Å²) in [4.78, 5) is 14.4. The molecule has 124 valence electrons. The van der Waals surface area contributed by atoms with Crippen molar-refractivity contribution in [3.8, 4) is 5.75 Å². The lowest BCUT2D eigenvalue weighted by Gasteiger charge is -2.25. The first-order chi connectivity index (χ1) is 11.0. The van der Waals surface area contributed by atoms with Crippen molar-refractivity contribution in [3.05, 3.63) is 41.7 Å². The number of likely N-dealkylation sites (N-methyl/N-ethyl adjacent to an activating group) is 1. The van der Waals surface area contributed by atoms with Crippen LogP contribution in [0, 0.1) is 6.92 Å². The number of amides is 1. The van der Waals surface area contributed by atoms with Crippen LogP contribution in [0.15, 0.2) is 34.9 Å². The van der Waals surface area contributed by atoms with Gasteiger partial charge in [0.25, 0.3) is 0 Å². The Morgan fingerprint density at radius 1 is 1.39 bits per heavy atom. The highest BCUT2D eigenvalue weighted by atomic mass is 16.5. The second-order valence-electron chi connectivity index (χ2n) is 5.50. The second kappa shape index (κ2) is 7.78. The first kappa shape index (κ1) is 17.0. The molecular formula is C17H23N3O3. The molecule has 1 atom stereocenters. The van der Waals surface area contributed by atoms with Crippen molar-refractivity contribution >= 4 is 11.7 Å². The van der Waals surface area contributed by atoms with Crippen molar-refractivity contribution in [1.29, 1.82) is 0 Å². The molecule has 0 bridgehead atoms. The molecule has 1 N–H and O–H groups in total. The number of ether oxygens (including phenoxy) is 1.